The molecule has 2 rings (SSSR count). The Morgan fingerprint density at radius 2 is 1.94 bits per heavy atom. The average molecular weight is 212 g/mol. The lowest BCUT2D eigenvalue weighted by molar-refractivity contribution is 0.503. The predicted octanol–water partition coefficient (Wildman–Crippen LogP) is 2.39. The number of furan rings is 1. The largest absolute Gasteiger partial charge is 0.462 e. The van der Waals surface area contributed by atoms with Crippen molar-refractivity contribution >= 4 is 12.7 Å². The maximum Gasteiger partial charge on any atom is 0.127 e. The molecule has 16 heavy (non-hydrogen) atoms. The Hall–Kier alpha value is -1.76. The van der Waals surface area contributed by atoms with Gasteiger partial charge < -0.3 is 4.42 Å². The zero-order valence-corrected chi connectivity index (χ0v) is 9.79. The normalized spacial score (nSPS) is 12.0. The number of hydrogen-bond acceptors (Lipinski definition) is 1. The molecule has 1 aromatic carbocycles. The Labute approximate surface area is 95.7 Å². The average Bonchev–Trinajstić information content (AvgIpc) is 2.59. The standard InChI is InChI=1S/C15H16O/c1-4-13-5-7-14(8-6-13)10-15-9-11(2)16-12(15)3/h5-10H,3-4H2,1-2H3/b15-10+. The Balaban J connectivity index is 2.43. The molecule has 1 nitrogen and oxygen atoms in total. The third-order valence-corrected chi connectivity index (χ3v) is 2.68. The van der Waals surface area contributed by atoms with E-state index in [4.69, 9.17) is 4.42 Å². The summed E-state index contributed by atoms with van der Waals surface area (Å²) in [6, 6.07) is 10.6. The van der Waals surface area contributed by atoms with E-state index in [2.05, 4.69) is 43.8 Å². The first-order valence-electron chi connectivity index (χ1n) is 5.55. The van der Waals surface area contributed by atoms with Gasteiger partial charge in [-0.15, -0.1) is 0 Å². The molecule has 0 aliphatic heterocycles. The summed E-state index contributed by atoms with van der Waals surface area (Å²) in [5, 5.41) is 1.06. The molecule has 0 spiro atoms. The summed E-state index contributed by atoms with van der Waals surface area (Å²) in [6.07, 6.45) is 3.17. The van der Waals surface area contributed by atoms with Crippen molar-refractivity contribution in [2.45, 2.75) is 20.3 Å². The van der Waals surface area contributed by atoms with Crippen LogP contribution in [0.1, 0.15) is 23.8 Å². The molecule has 0 atom stereocenters. The third-order valence-electron chi connectivity index (χ3n) is 2.68. The molecule has 0 amide bonds. The molecule has 1 aromatic heterocycles. The van der Waals surface area contributed by atoms with Gasteiger partial charge in [0.05, 0.1) is 0 Å². The zero-order chi connectivity index (χ0) is 11.5. The van der Waals surface area contributed by atoms with Crippen LogP contribution in [0.4, 0.5) is 0 Å². The van der Waals surface area contributed by atoms with Crippen molar-refractivity contribution in [3.63, 3.8) is 0 Å². The van der Waals surface area contributed by atoms with Crippen LogP contribution in [0.25, 0.3) is 12.7 Å². The summed E-state index contributed by atoms with van der Waals surface area (Å²) in [4.78, 5) is 0. The quantitative estimate of drug-likeness (QED) is 0.745. The fourth-order valence-electron chi connectivity index (χ4n) is 1.73. The van der Waals surface area contributed by atoms with Gasteiger partial charge in [-0.1, -0.05) is 37.8 Å². The van der Waals surface area contributed by atoms with Crippen molar-refractivity contribution in [2.75, 3.05) is 0 Å². The lowest BCUT2D eigenvalue weighted by atomic mass is 10.1. The summed E-state index contributed by atoms with van der Waals surface area (Å²) in [5.74, 6) is 0.904. The smallest absolute Gasteiger partial charge is 0.127 e. The number of benzene rings is 1. The fraction of sp³-hybridized carbons (Fsp3) is 0.200. The van der Waals surface area contributed by atoms with E-state index in [1.807, 2.05) is 13.0 Å². The van der Waals surface area contributed by atoms with Crippen molar-refractivity contribution in [3.05, 3.63) is 57.9 Å². The Morgan fingerprint density at radius 1 is 1.25 bits per heavy atom. The Kier molecular flexibility index (Phi) is 2.95. The highest BCUT2D eigenvalue weighted by atomic mass is 16.3. The van der Waals surface area contributed by atoms with Crippen molar-refractivity contribution < 1.29 is 4.42 Å². The van der Waals surface area contributed by atoms with E-state index in [1.165, 1.54) is 11.1 Å². The van der Waals surface area contributed by atoms with E-state index in [1.54, 1.807) is 0 Å². The van der Waals surface area contributed by atoms with E-state index in [0.29, 0.717) is 0 Å². The molecule has 0 aliphatic carbocycles. The highest BCUT2D eigenvalue weighted by Gasteiger charge is 1.93. The second-order valence-electron chi connectivity index (χ2n) is 3.98. The molecule has 0 fully saturated rings. The van der Waals surface area contributed by atoms with Crippen molar-refractivity contribution in [1.29, 1.82) is 0 Å². The molecule has 0 N–H and O–H groups in total. The third kappa shape index (κ3) is 2.25. The molecule has 0 bridgehead atoms. The minimum atomic E-state index is 0.733. The van der Waals surface area contributed by atoms with Gasteiger partial charge >= 0.3 is 0 Å². The zero-order valence-electron chi connectivity index (χ0n) is 9.79. The Bertz CT molecular complexity index is 573. The minimum absolute atomic E-state index is 0.733. The molecule has 0 saturated heterocycles. The lowest BCUT2D eigenvalue weighted by Crippen LogP contribution is -2.16. The number of hydrogen-bond donors (Lipinski definition) is 0. The van der Waals surface area contributed by atoms with Gasteiger partial charge in [0.1, 0.15) is 11.2 Å². The van der Waals surface area contributed by atoms with Crippen molar-refractivity contribution in [1.82, 2.24) is 0 Å². The van der Waals surface area contributed by atoms with Gasteiger partial charge in [-0.25, -0.2) is 0 Å². The minimum Gasteiger partial charge on any atom is -0.462 e. The maximum absolute atomic E-state index is 5.39. The molecule has 1 heteroatoms. The summed E-state index contributed by atoms with van der Waals surface area (Å²) in [6.45, 7) is 7.97. The topological polar surface area (TPSA) is 13.1 Å². The SMILES string of the molecule is C=c1oc(C)c/c1=C\c1ccc(CC)cc1. The van der Waals surface area contributed by atoms with Gasteiger partial charge in [-0.2, -0.15) is 0 Å². The molecule has 1 heterocycles. The highest BCUT2D eigenvalue weighted by molar-refractivity contribution is 5.50. The van der Waals surface area contributed by atoms with Gasteiger partial charge in [-0.05, 0) is 36.6 Å². The molecule has 0 aliphatic rings. The van der Waals surface area contributed by atoms with Crippen LogP contribution < -0.4 is 10.6 Å². The second-order valence-corrected chi connectivity index (χ2v) is 3.98. The van der Waals surface area contributed by atoms with Gasteiger partial charge in [-0.3, -0.25) is 0 Å². The fourth-order valence-corrected chi connectivity index (χ4v) is 1.73. The molecule has 0 saturated carbocycles. The van der Waals surface area contributed by atoms with Crippen LogP contribution in [0, 0.1) is 6.92 Å². The second kappa shape index (κ2) is 4.40. The van der Waals surface area contributed by atoms with Crippen molar-refractivity contribution in [2.24, 2.45) is 0 Å². The number of rotatable bonds is 2. The molecule has 82 valence electrons. The Morgan fingerprint density at radius 3 is 2.44 bits per heavy atom. The van der Waals surface area contributed by atoms with Crippen LogP contribution in [-0.4, -0.2) is 0 Å². The van der Waals surface area contributed by atoms with Gasteiger partial charge in [0.2, 0.25) is 0 Å². The highest BCUT2D eigenvalue weighted by Crippen LogP contribution is 2.05. The summed E-state index contributed by atoms with van der Waals surface area (Å²) < 4.78 is 5.39. The van der Waals surface area contributed by atoms with E-state index < -0.39 is 0 Å². The monoisotopic (exact) mass is 212 g/mol. The van der Waals surface area contributed by atoms with Crippen LogP contribution in [0.5, 0.6) is 0 Å². The first-order chi connectivity index (χ1) is 7.69. The molecular formula is C15H16O. The van der Waals surface area contributed by atoms with E-state index >= 15 is 0 Å². The first-order valence-corrected chi connectivity index (χ1v) is 5.55. The van der Waals surface area contributed by atoms with E-state index in [0.717, 1.165) is 22.8 Å². The van der Waals surface area contributed by atoms with Crippen LogP contribution in [0.3, 0.4) is 0 Å². The molecule has 0 unspecified atom stereocenters. The van der Waals surface area contributed by atoms with Crippen LogP contribution in [0.2, 0.25) is 0 Å². The molecule has 0 radical (unpaired) electrons. The van der Waals surface area contributed by atoms with Crippen LogP contribution in [0.15, 0.2) is 34.7 Å². The lowest BCUT2D eigenvalue weighted by Gasteiger charge is -1.96. The number of aryl methyl sites for hydroxylation is 2. The van der Waals surface area contributed by atoms with E-state index in [9.17, 15) is 0 Å². The van der Waals surface area contributed by atoms with Crippen molar-refractivity contribution in [3.8, 4) is 0 Å². The molecular weight excluding hydrogens is 196 g/mol. The molecule has 2 aromatic rings. The van der Waals surface area contributed by atoms with Gasteiger partial charge in [0, 0.05) is 5.22 Å². The van der Waals surface area contributed by atoms with Gasteiger partial charge in [0.25, 0.3) is 0 Å². The summed E-state index contributed by atoms with van der Waals surface area (Å²) >= 11 is 0. The van der Waals surface area contributed by atoms with E-state index in [-0.39, 0.29) is 0 Å². The van der Waals surface area contributed by atoms with Crippen LogP contribution in [-0.2, 0) is 6.42 Å². The predicted molar refractivity (Wildman–Crippen MR) is 67.6 cm³/mol. The first kappa shape index (κ1) is 10.7. The summed E-state index contributed by atoms with van der Waals surface area (Å²) in [5.41, 5.74) is 3.27. The van der Waals surface area contributed by atoms with Crippen LogP contribution >= 0.6 is 0 Å². The van der Waals surface area contributed by atoms with Gasteiger partial charge in [0.15, 0.2) is 0 Å². The maximum atomic E-state index is 5.39. The summed E-state index contributed by atoms with van der Waals surface area (Å²) in [7, 11) is 0.